The third kappa shape index (κ3) is 4.43. The second-order valence-electron chi connectivity index (χ2n) is 8.99. The number of hydrogen-bond acceptors (Lipinski definition) is 5. The van der Waals surface area contributed by atoms with Crippen molar-refractivity contribution in [2.24, 2.45) is 5.73 Å². The Balaban J connectivity index is 1.80. The number of anilines is 2. The van der Waals surface area contributed by atoms with Crippen LogP contribution in [0.5, 0.6) is 0 Å². The topological polar surface area (TPSA) is 82.9 Å². The number of aromatic nitrogens is 3. The van der Waals surface area contributed by atoms with Gasteiger partial charge in [0.25, 0.3) is 0 Å². The van der Waals surface area contributed by atoms with Crippen molar-refractivity contribution in [1.82, 2.24) is 15.0 Å². The van der Waals surface area contributed by atoms with Crippen LogP contribution in [0.2, 0.25) is 0 Å². The molecule has 1 saturated heterocycles. The molecule has 0 radical (unpaired) electrons. The molecule has 1 aliphatic rings. The molecule has 0 spiro atoms. The van der Waals surface area contributed by atoms with Crippen LogP contribution in [0.1, 0.15) is 25.3 Å². The van der Waals surface area contributed by atoms with Crippen LogP contribution in [0, 0.1) is 24.4 Å². The van der Waals surface area contributed by atoms with Crippen LogP contribution in [-0.2, 0) is 0 Å². The van der Waals surface area contributed by atoms with E-state index in [-0.39, 0.29) is 22.9 Å². The number of rotatable bonds is 5. The van der Waals surface area contributed by atoms with Gasteiger partial charge in [0.1, 0.15) is 28.8 Å². The van der Waals surface area contributed by atoms with Gasteiger partial charge < -0.3 is 20.9 Å². The normalized spacial score (nSPS) is 14.6. The molecular formula is C26H27F3N6. The maximum absolute atomic E-state index is 14.5. The van der Waals surface area contributed by atoms with Crippen molar-refractivity contribution >= 4 is 22.5 Å². The first-order valence-corrected chi connectivity index (χ1v) is 11.7. The van der Waals surface area contributed by atoms with Crippen molar-refractivity contribution in [2.45, 2.75) is 32.7 Å². The van der Waals surface area contributed by atoms with Gasteiger partial charge >= 0.3 is 0 Å². The van der Waals surface area contributed by atoms with E-state index < -0.39 is 11.6 Å². The Morgan fingerprint density at radius 2 is 1.83 bits per heavy atom. The van der Waals surface area contributed by atoms with Gasteiger partial charge in [-0.2, -0.15) is 0 Å². The number of nitrogens with two attached hydrogens (primary N) is 1. The number of pyridine rings is 1. The lowest BCUT2D eigenvalue weighted by atomic mass is 9.96. The monoisotopic (exact) mass is 480 g/mol. The summed E-state index contributed by atoms with van der Waals surface area (Å²) in [6, 6.07) is 7.00. The van der Waals surface area contributed by atoms with E-state index in [1.54, 1.807) is 6.20 Å². The van der Waals surface area contributed by atoms with Crippen LogP contribution in [-0.4, -0.2) is 40.6 Å². The summed E-state index contributed by atoms with van der Waals surface area (Å²) in [5.74, 6) is -0.875. The number of aryl methyl sites for hydroxylation is 1. The van der Waals surface area contributed by atoms with Crippen LogP contribution < -0.4 is 16.0 Å². The van der Waals surface area contributed by atoms with Crippen LogP contribution in [0.25, 0.3) is 33.5 Å². The van der Waals surface area contributed by atoms with E-state index in [1.165, 1.54) is 18.2 Å². The second kappa shape index (κ2) is 9.22. The highest BCUT2D eigenvalue weighted by Crippen LogP contribution is 2.43. The minimum Gasteiger partial charge on any atom is -0.370 e. The van der Waals surface area contributed by atoms with Gasteiger partial charge in [-0.25, -0.2) is 23.1 Å². The smallest absolute Gasteiger partial charge is 0.153 e. The molecule has 2 aromatic heterocycles. The number of halogens is 3. The van der Waals surface area contributed by atoms with Crippen molar-refractivity contribution in [2.75, 3.05) is 29.9 Å². The average molecular weight is 481 g/mol. The van der Waals surface area contributed by atoms with Gasteiger partial charge in [0.2, 0.25) is 0 Å². The molecule has 0 saturated carbocycles. The first-order chi connectivity index (χ1) is 16.8. The third-order valence-electron chi connectivity index (χ3n) is 6.35. The number of fused-ring (bicyclic) bond motifs is 1. The van der Waals surface area contributed by atoms with Crippen molar-refractivity contribution < 1.29 is 13.2 Å². The number of nitrogens with one attached hydrogen (secondary N) is 2. The lowest BCUT2D eigenvalue weighted by molar-refractivity contribution is 0.501. The van der Waals surface area contributed by atoms with Crippen LogP contribution in [0.3, 0.4) is 0 Å². The predicted molar refractivity (Wildman–Crippen MR) is 133 cm³/mol. The number of H-pyrrole nitrogens is 1. The van der Waals surface area contributed by atoms with E-state index in [2.05, 4.69) is 25.2 Å². The van der Waals surface area contributed by atoms with E-state index in [9.17, 15) is 13.2 Å². The standard InChI is InChI=1S/C26H27F3N6/c1-3-31-25-22(26-33-21-12-17(28)11-20(29)23(21)34-26)24(35-6-4-18(30)5-7-35)19(13-32-25)15-8-14(2)9-16(27)10-15/h8-13,18H,3-7,30H2,1-2H3,(H,31,32)(H,33,34). The summed E-state index contributed by atoms with van der Waals surface area (Å²) in [6.07, 6.45) is 3.31. The highest BCUT2D eigenvalue weighted by atomic mass is 19.1. The largest absolute Gasteiger partial charge is 0.370 e. The summed E-state index contributed by atoms with van der Waals surface area (Å²) in [7, 11) is 0. The Hall–Kier alpha value is -3.59. The Kier molecular flexibility index (Phi) is 6.10. The molecule has 0 unspecified atom stereocenters. The van der Waals surface area contributed by atoms with Crippen molar-refractivity contribution in [1.29, 1.82) is 0 Å². The average Bonchev–Trinajstić information content (AvgIpc) is 3.23. The van der Waals surface area contributed by atoms with Crippen LogP contribution >= 0.6 is 0 Å². The molecule has 5 rings (SSSR count). The quantitative estimate of drug-likeness (QED) is 0.357. The van der Waals surface area contributed by atoms with Crippen molar-refractivity contribution in [3.8, 4) is 22.5 Å². The minimum atomic E-state index is -0.747. The molecule has 0 atom stereocenters. The van der Waals surface area contributed by atoms with Gasteiger partial charge in [-0.1, -0.05) is 6.07 Å². The molecule has 2 aromatic carbocycles. The molecule has 6 nitrogen and oxygen atoms in total. The third-order valence-corrected chi connectivity index (χ3v) is 6.35. The maximum atomic E-state index is 14.5. The Morgan fingerprint density at radius 1 is 1.09 bits per heavy atom. The van der Waals surface area contributed by atoms with E-state index in [0.29, 0.717) is 42.4 Å². The summed E-state index contributed by atoms with van der Waals surface area (Å²) in [5, 5.41) is 3.27. The fourth-order valence-electron chi connectivity index (χ4n) is 4.74. The Morgan fingerprint density at radius 3 is 2.54 bits per heavy atom. The van der Waals surface area contributed by atoms with E-state index >= 15 is 0 Å². The maximum Gasteiger partial charge on any atom is 0.153 e. The molecule has 4 aromatic rings. The Bertz CT molecular complexity index is 1370. The predicted octanol–water partition coefficient (Wildman–Crippen LogP) is 5.38. The van der Waals surface area contributed by atoms with Gasteiger partial charge in [-0.05, 0) is 56.0 Å². The number of aromatic amines is 1. The summed E-state index contributed by atoms with van der Waals surface area (Å²) in [5.41, 5.74) is 10.1. The molecule has 3 heterocycles. The molecule has 182 valence electrons. The number of imidazole rings is 1. The Labute approximate surface area is 201 Å². The van der Waals surface area contributed by atoms with Gasteiger partial charge in [0.05, 0.1) is 16.8 Å². The fourth-order valence-corrected chi connectivity index (χ4v) is 4.74. The summed E-state index contributed by atoms with van der Waals surface area (Å²) < 4.78 is 42.9. The lowest BCUT2D eigenvalue weighted by Gasteiger charge is -2.35. The SMILES string of the molecule is CCNc1ncc(-c2cc(C)cc(F)c2)c(N2CCC(N)CC2)c1-c1nc2c(F)cc(F)cc2[nH]1. The first kappa shape index (κ1) is 23.2. The lowest BCUT2D eigenvalue weighted by Crippen LogP contribution is -2.40. The molecule has 4 N–H and O–H groups in total. The zero-order valence-corrected chi connectivity index (χ0v) is 19.6. The van der Waals surface area contributed by atoms with E-state index in [4.69, 9.17) is 5.73 Å². The number of piperidine rings is 1. The molecule has 9 heteroatoms. The zero-order valence-electron chi connectivity index (χ0n) is 19.6. The molecule has 0 aliphatic carbocycles. The molecule has 0 bridgehead atoms. The first-order valence-electron chi connectivity index (χ1n) is 11.7. The van der Waals surface area contributed by atoms with Crippen LogP contribution in [0.4, 0.5) is 24.7 Å². The molecule has 1 fully saturated rings. The zero-order chi connectivity index (χ0) is 24.7. The van der Waals surface area contributed by atoms with Crippen LogP contribution in [0.15, 0.2) is 36.5 Å². The van der Waals surface area contributed by atoms with E-state index in [1.807, 2.05) is 19.9 Å². The van der Waals surface area contributed by atoms with Crippen molar-refractivity contribution in [3.63, 3.8) is 0 Å². The van der Waals surface area contributed by atoms with Gasteiger partial charge in [0, 0.05) is 43.5 Å². The van der Waals surface area contributed by atoms with Gasteiger partial charge in [0.15, 0.2) is 5.82 Å². The number of benzene rings is 2. The summed E-state index contributed by atoms with van der Waals surface area (Å²) in [4.78, 5) is 14.4. The second-order valence-corrected chi connectivity index (χ2v) is 8.99. The summed E-state index contributed by atoms with van der Waals surface area (Å²) >= 11 is 0. The fraction of sp³-hybridized carbons (Fsp3) is 0.308. The van der Waals surface area contributed by atoms with E-state index in [0.717, 1.165) is 35.7 Å². The van der Waals surface area contributed by atoms with Gasteiger partial charge in [-0.3, -0.25) is 0 Å². The highest BCUT2D eigenvalue weighted by molar-refractivity contribution is 5.96. The molecule has 35 heavy (non-hydrogen) atoms. The number of hydrogen-bond donors (Lipinski definition) is 3. The summed E-state index contributed by atoms with van der Waals surface area (Å²) in [6.45, 7) is 5.75. The molecule has 1 aliphatic heterocycles. The minimum absolute atomic E-state index is 0.0440. The highest BCUT2D eigenvalue weighted by Gasteiger charge is 2.27. The molecule has 0 amide bonds. The number of nitrogens with zero attached hydrogens (tertiary/aromatic N) is 3. The van der Waals surface area contributed by atoms with Crippen molar-refractivity contribution in [3.05, 3.63) is 59.5 Å². The van der Waals surface area contributed by atoms with Gasteiger partial charge in [-0.15, -0.1) is 0 Å². The molecular weight excluding hydrogens is 453 g/mol.